The molecule has 0 unspecified atom stereocenters. The van der Waals surface area contributed by atoms with E-state index in [1.165, 1.54) is 43.5 Å². The van der Waals surface area contributed by atoms with Gasteiger partial charge in [-0.05, 0) is 57.2 Å². The van der Waals surface area contributed by atoms with Crippen molar-refractivity contribution >= 4 is 5.69 Å². The molecule has 1 aromatic rings. The molecule has 0 atom stereocenters. The van der Waals surface area contributed by atoms with E-state index in [-0.39, 0.29) is 0 Å². The zero-order valence-corrected chi connectivity index (χ0v) is 11.6. The fourth-order valence-corrected chi connectivity index (χ4v) is 2.93. The van der Waals surface area contributed by atoms with E-state index < -0.39 is 0 Å². The molecule has 18 heavy (non-hydrogen) atoms. The Balaban J connectivity index is 1.66. The third-order valence-electron chi connectivity index (χ3n) is 4.32. The number of nitrogens with zero attached hydrogens (tertiary/aromatic N) is 1. The molecular formula is C16H24N2. The largest absolute Gasteiger partial charge is 0.366 e. The molecule has 1 N–H and O–H groups in total. The molecule has 1 saturated carbocycles. The minimum absolute atomic E-state index is 0.327. The summed E-state index contributed by atoms with van der Waals surface area (Å²) in [5.41, 5.74) is 3.11. The Morgan fingerprint density at radius 1 is 1.22 bits per heavy atom. The number of benzene rings is 1. The van der Waals surface area contributed by atoms with Crippen LogP contribution in [0.15, 0.2) is 24.3 Å². The predicted molar refractivity (Wildman–Crippen MR) is 77.0 cm³/mol. The summed E-state index contributed by atoms with van der Waals surface area (Å²) >= 11 is 0. The summed E-state index contributed by atoms with van der Waals surface area (Å²) in [4.78, 5) is 2.55. The first kappa shape index (κ1) is 12.0. The van der Waals surface area contributed by atoms with Gasteiger partial charge in [0.1, 0.15) is 0 Å². The number of anilines is 1. The fourth-order valence-electron chi connectivity index (χ4n) is 2.93. The second kappa shape index (κ2) is 4.58. The van der Waals surface area contributed by atoms with Gasteiger partial charge in [-0.2, -0.15) is 0 Å². The van der Waals surface area contributed by atoms with Gasteiger partial charge in [0.05, 0.1) is 0 Å². The Hall–Kier alpha value is -1.02. The van der Waals surface area contributed by atoms with Crippen LogP contribution in [0.2, 0.25) is 0 Å². The Bertz CT molecular complexity index is 404. The Morgan fingerprint density at radius 2 is 1.94 bits per heavy atom. The van der Waals surface area contributed by atoms with Gasteiger partial charge in [-0.15, -0.1) is 0 Å². The van der Waals surface area contributed by atoms with E-state index >= 15 is 0 Å². The normalized spacial score (nSPS) is 22.4. The summed E-state index contributed by atoms with van der Waals surface area (Å²) in [5.74, 6) is 0. The second-order valence-corrected chi connectivity index (χ2v) is 6.39. The molecule has 0 spiro atoms. The summed E-state index contributed by atoms with van der Waals surface area (Å²) in [6.45, 7) is 6.92. The van der Waals surface area contributed by atoms with Crippen LogP contribution < -0.4 is 10.2 Å². The van der Waals surface area contributed by atoms with Gasteiger partial charge >= 0.3 is 0 Å². The van der Waals surface area contributed by atoms with Gasteiger partial charge in [-0.3, -0.25) is 0 Å². The maximum Gasteiger partial charge on any atom is 0.0370 e. The molecule has 98 valence electrons. The van der Waals surface area contributed by atoms with Crippen LogP contribution in [-0.4, -0.2) is 18.1 Å². The lowest BCUT2D eigenvalue weighted by molar-refractivity contribution is 0.518. The van der Waals surface area contributed by atoms with Gasteiger partial charge in [0, 0.05) is 30.4 Å². The second-order valence-electron chi connectivity index (χ2n) is 6.39. The quantitative estimate of drug-likeness (QED) is 0.874. The van der Waals surface area contributed by atoms with Crippen LogP contribution >= 0.6 is 0 Å². The van der Waals surface area contributed by atoms with Crippen LogP contribution in [0, 0.1) is 0 Å². The van der Waals surface area contributed by atoms with E-state index in [1.807, 2.05) is 0 Å². The van der Waals surface area contributed by atoms with E-state index in [0.29, 0.717) is 5.54 Å². The number of rotatable bonds is 4. The first-order valence-electron chi connectivity index (χ1n) is 7.25. The van der Waals surface area contributed by atoms with Crippen LogP contribution in [0.3, 0.4) is 0 Å². The third kappa shape index (κ3) is 2.54. The number of hydrogen-bond acceptors (Lipinski definition) is 2. The molecule has 1 aromatic carbocycles. The lowest BCUT2D eigenvalue weighted by atomic mass is 10.0. The van der Waals surface area contributed by atoms with Gasteiger partial charge in [0.25, 0.3) is 0 Å². The molecule has 0 aromatic heterocycles. The molecule has 0 radical (unpaired) electrons. The maximum absolute atomic E-state index is 3.56. The van der Waals surface area contributed by atoms with Gasteiger partial charge in [0.15, 0.2) is 0 Å². The van der Waals surface area contributed by atoms with Crippen molar-refractivity contribution in [1.82, 2.24) is 5.32 Å². The van der Waals surface area contributed by atoms with Crippen LogP contribution in [0.1, 0.15) is 45.1 Å². The molecule has 1 aliphatic carbocycles. The molecule has 2 nitrogen and oxygen atoms in total. The highest BCUT2D eigenvalue weighted by Crippen LogP contribution is 2.33. The lowest BCUT2D eigenvalue weighted by Gasteiger charge is -2.33. The predicted octanol–water partition coefficient (Wildman–Crippen LogP) is 3.32. The summed E-state index contributed by atoms with van der Waals surface area (Å²) in [6, 6.07) is 9.92. The highest BCUT2D eigenvalue weighted by atomic mass is 15.2. The van der Waals surface area contributed by atoms with Gasteiger partial charge in [0.2, 0.25) is 0 Å². The molecule has 1 heterocycles. The van der Waals surface area contributed by atoms with Crippen molar-refractivity contribution in [2.75, 3.05) is 11.4 Å². The Kier molecular flexibility index (Phi) is 3.06. The van der Waals surface area contributed by atoms with E-state index in [9.17, 15) is 0 Å². The topological polar surface area (TPSA) is 15.3 Å². The molecule has 0 amide bonds. The van der Waals surface area contributed by atoms with Crippen molar-refractivity contribution in [2.45, 2.75) is 57.7 Å². The summed E-state index contributed by atoms with van der Waals surface area (Å²) in [6.07, 6.45) is 5.34. The summed E-state index contributed by atoms with van der Waals surface area (Å²) in [7, 11) is 0. The van der Waals surface area contributed by atoms with Crippen LogP contribution in [-0.2, 0) is 6.54 Å². The van der Waals surface area contributed by atoms with E-state index in [4.69, 9.17) is 0 Å². The van der Waals surface area contributed by atoms with Crippen molar-refractivity contribution in [2.24, 2.45) is 0 Å². The Morgan fingerprint density at radius 3 is 2.50 bits per heavy atom. The van der Waals surface area contributed by atoms with Crippen molar-refractivity contribution in [3.05, 3.63) is 29.8 Å². The zero-order chi connectivity index (χ0) is 12.6. The minimum atomic E-state index is 0.327. The molecule has 1 aliphatic heterocycles. The first-order valence-corrected chi connectivity index (χ1v) is 7.25. The third-order valence-corrected chi connectivity index (χ3v) is 4.32. The maximum atomic E-state index is 3.56. The number of hydrogen-bond donors (Lipinski definition) is 1. The van der Waals surface area contributed by atoms with Crippen molar-refractivity contribution < 1.29 is 0 Å². The molecule has 2 heteroatoms. The van der Waals surface area contributed by atoms with Gasteiger partial charge < -0.3 is 10.2 Å². The highest BCUT2D eigenvalue weighted by molar-refractivity contribution is 5.51. The standard InChI is InChI=1S/C16H24N2/c1-16(2)10-3-11-18(16)15-8-4-13(5-9-15)12-17-14-6-7-14/h4-5,8-9,14,17H,3,6-7,10-12H2,1-2H3. The summed E-state index contributed by atoms with van der Waals surface area (Å²) < 4.78 is 0. The summed E-state index contributed by atoms with van der Waals surface area (Å²) in [5, 5.41) is 3.56. The van der Waals surface area contributed by atoms with Crippen LogP contribution in [0.4, 0.5) is 5.69 Å². The van der Waals surface area contributed by atoms with Crippen LogP contribution in [0.5, 0.6) is 0 Å². The monoisotopic (exact) mass is 244 g/mol. The van der Waals surface area contributed by atoms with Crippen molar-refractivity contribution in [3.8, 4) is 0 Å². The molecule has 1 saturated heterocycles. The fraction of sp³-hybridized carbons (Fsp3) is 0.625. The SMILES string of the molecule is CC1(C)CCCN1c1ccc(CNC2CC2)cc1. The zero-order valence-electron chi connectivity index (χ0n) is 11.6. The van der Waals surface area contributed by atoms with Crippen molar-refractivity contribution in [1.29, 1.82) is 0 Å². The first-order chi connectivity index (χ1) is 8.65. The molecule has 2 aliphatic rings. The highest BCUT2D eigenvalue weighted by Gasteiger charge is 2.31. The average molecular weight is 244 g/mol. The molecule has 3 rings (SSSR count). The molecule has 0 bridgehead atoms. The van der Waals surface area contributed by atoms with Crippen LogP contribution in [0.25, 0.3) is 0 Å². The molecule has 2 fully saturated rings. The van der Waals surface area contributed by atoms with E-state index in [2.05, 4.69) is 48.3 Å². The molecular weight excluding hydrogens is 220 g/mol. The smallest absolute Gasteiger partial charge is 0.0370 e. The minimum Gasteiger partial charge on any atom is -0.366 e. The van der Waals surface area contributed by atoms with E-state index in [0.717, 1.165) is 12.6 Å². The Labute approximate surface area is 110 Å². The van der Waals surface area contributed by atoms with Gasteiger partial charge in [-0.25, -0.2) is 0 Å². The van der Waals surface area contributed by atoms with E-state index in [1.54, 1.807) is 0 Å². The van der Waals surface area contributed by atoms with Gasteiger partial charge in [-0.1, -0.05) is 12.1 Å². The number of nitrogens with one attached hydrogen (secondary N) is 1. The lowest BCUT2D eigenvalue weighted by Crippen LogP contribution is -2.38. The average Bonchev–Trinajstić information content (AvgIpc) is 3.11. The van der Waals surface area contributed by atoms with Crippen molar-refractivity contribution in [3.63, 3.8) is 0 Å².